The van der Waals surface area contributed by atoms with Gasteiger partial charge in [-0.05, 0) is 19.3 Å². The molecule has 0 rings (SSSR count). The molecule has 3 heteroatoms. The van der Waals surface area contributed by atoms with Crippen LogP contribution in [0, 0.1) is 5.41 Å². The van der Waals surface area contributed by atoms with E-state index in [0.29, 0.717) is 6.61 Å². The van der Waals surface area contributed by atoms with Crippen LogP contribution < -0.4 is 5.73 Å². The maximum atomic E-state index is 10.9. The van der Waals surface area contributed by atoms with Crippen molar-refractivity contribution in [1.29, 1.82) is 0 Å². The second-order valence-electron chi connectivity index (χ2n) is 3.43. The topological polar surface area (TPSA) is 52.3 Å². The van der Waals surface area contributed by atoms with E-state index in [2.05, 4.69) is 20.8 Å². The Morgan fingerprint density at radius 3 is 2.00 bits per heavy atom. The Labute approximate surface area is 80.6 Å². The molecule has 0 aliphatic heterocycles. The van der Waals surface area contributed by atoms with Crippen molar-refractivity contribution >= 4 is 5.97 Å². The number of esters is 1. The van der Waals surface area contributed by atoms with E-state index in [0.717, 1.165) is 19.3 Å². The standard InChI is InChI=1S/C10H21NO2/c1-4-10(5-2,6-3)8-13-9(12)7-11/h4-8,11H2,1-3H3. The van der Waals surface area contributed by atoms with Crippen LogP contribution in [0.4, 0.5) is 0 Å². The van der Waals surface area contributed by atoms with Crippen LogP contribution in [-0.2, 0) is 9.53 Å². The van der Waals surface area contributed by atoms with Crippen molar-refractivity contribution in [2.75, 3.05) is 13.2 Å². The lowest BCUT2D eigenvalue weighted by Crippen LogP contribution is -2.28. The summed E-state index contributed by atoms with van der Waals surface area (Å²) < 4.78 is 5.07. The molecule has 78 valence electrons. The molecule has 0 aromatic heterocycles. The number of carbonyl (C=O) groups excluding carboxylic acids is 1. The molecule has 0 unspecified atom stereocenters. The third kappa shape index (κ3) is 3.77. The molecule has 0 aliphatic rings. The van der Waals surface area contributed by atoms with Crippen LogP contribution in [0.1, 0.15) is 40.0 Å². The Balaban J connectivity index is 4.02. The maximum Gasteiger partial charge on any atom is 0.319 e. The number of ether oxygens (including phenoxy) is 1. The summed E-state index contributed by atoms with van der Waals surface area (Å²) in [7, 11) is 0. The van der Waals surface area contributed by atoms with E-state index in [4.69, 9.17) is 10.5 Å². The van der Waals surface area contributed by atoms with Gasteiger partial charge in [-0.15, -0.1) is 0 Å². The molecule has 3 nitrogen and oxygen atoms in total. The second-order valence-corrected chi connectivity index (χ2v) is 3.43. The molecule has 2 N–H and O–H groups in total. The van der Waals surface area contributed by atoms with Gasteiger partial charge in [-0.3, -0.25) is 4.79 Å². The summed E-state index contributed by atoms with van der Waals surface area (Å²) in [6, 6.07) is 0. The minimum atomic E-state index is -0.306. The Morgan fingerprint density at radius 2 is 1.69 bits per heavy atom. The Hall–Kier alpha value is -0.570. The van der Waals surface area contributed by atoms with Gasteiger partial charge in [0.2, 0.25) is 0 Å². The van der Waals surface area contributed by atoms with Crippen molar-refractivity contribution in [3.05, 3.63) is 0 Å². The molecule has 0 amide bonds. The lowest BCUT2D eigenvalue weighted by atomic mass is 9.81. The molecule has 0 atom stereocenters. The minimum absolute atomic E-state index is 0.0206. The number of hydrogen-bond donors (Lipinski definition) is 1. The summed E-state index contributed by atoms with van der Waals surface area (Å²) in [5.74, 6) is -0.306. The molecular formula is C10H21NO2. The van der Waals surface area contributed by atoms with Crippen LogP contribution in [0.15, 0.2) is 0 Å². The first-order chi connectivity index (χ1) is 6.14. The van der Waals surface area contributed by atoms with E-state index < -0.39 is 0 Å². The zero-order valence-electron chi connectivity index (χ0n) is 8.93. The van der Waals surface area contributed by atoms with Crippen LogP contribution in [0.5, 0.6) is 0 Å². The quantitative estimate of drug-likeness (QED) is 0.644. The summed E-state index contributed by atoms with van der Waals surface area (Å²) in [6.07, 6.45) is 3.12. The highest BCUT2D eigenvalue weighted by molar-refractivity contribution is 5.71. The molecule has 0 spiro atoms. The summed E-state index contributed by atoms with van der Waals surface area (Å²) >= 11 is 0. The third-order valence-electron chi connectivity index (χ3n) is 2.96. The van der Waals surface area contributed by atoms with Crippen LogP contribution in [0.25, 0.3) is 0 Å². The van der Waals surface area contributed by atoms with Crippen molar-refractivity contribution in [3.63, 3.8) is 0 Å². The fourth-order valence-electron chi connectivity index (χ4n) is 1.35. The van der Waals surface area contributed by atoms with Crippen LogP contribution in [-0.4, -0.2) is 19.1 Å². The van der Waals surface area contributed by atoms with E-state index >= 15 is 0 Å². The van der Waals surface area contributed by atoms with Crippen LogP contribution >= 0.6 is 0 Å². The van der Waals surface area contributed by atoms with Gasteiger partial charge in [0.1, 0.15) is 0 Å². The lowest BCUT2D eigenvalue weighted by Gasteiger charge is -2.29. The average molecular weight is 187 g/mol. The first kappa shape index (κ1) is 12.4. The highest BCUT2D eigenvalue weighted by atomic mass is 16.5. The molecule has 0 aromatic carbocycles. The fourth-order valence-corrected chi connectivity index (χ4v) is 1.35. The smallest absolute Gasteiger partial charge is 0.319 e. The number of hydrogen-bond acceptors (Lipinski definition) is 3. The predicted octanol–water partition coefficient (Wildman–Crippen LogP) is 1.70. The summed E-state index contributed by atoms with van der Waals surface area (Å²) in [4.78, 5) is 10.9. The molecule has 13 heavy (non-hydrogen) atoms. The van der Waals surface area contributed by atoms with Gasteiger partial charge in [-0.2, -0.15) is 0 Å². The Kier molecular flexibility index (Phi) is 5.71. The largest absolute Gasteiger partial charge is 0.464 e. The second kappa shape index (κ2) is 5.97. The van der Waals surface area contributed by atoms with E-state index in [-0.39, 0.29) is 17.9 Å². The highest BCUT2D eigenvalue weighted by Crippen LogP contribution is 2.30. The monoisotopic (exact) mass is 187 g/mol. The average Bonchev–Trinajstić information content (AvgIpc) is 2.20. The van der Waals surface area contributed by atoms with E-state index in [9.17, 15) is 4.79 Å². The zero-order valence-corrected chi connectivity index (χ0v) is 8.93. The maximum absolute atomic E-state index is 10.9. The van der Waals surface area contributed by atoms with Gasteiger partial charge in [0.15, 0.2) is 0 Å². The minimum Gasteiger partial charge on any atom is -0.464 e. The van der Waals surface area contributed by atoms with Gasteiger partial charge in [0, 0.05) is 5.41 Å². The fraction of sp³-hybridized carbons (Fsp3) is 0.900. The van der Waals surface area contributed by atoms with Crippen molar-refractivity contribution in [2.45, 2.75) is 40.0 Å². The van der Waals surface area contributed by atoms with Crippen molar-refractivity contribution in [2.24, 2.45) is 11.1 Å². The van der Waals surface area contributed by atoms with Gasteiger partial charge >= 0.3 is 5.97 Å². The van der Waals surface area contributed by atoms with E-state index in [1.165, 1.54) is 0 Å². The summed E-state index contributed by atoms with van der Waals surface area (Å²) in [5.41, 5.74) is 5.31. The van der Waals surface area contributed by atoms with E-state index in [1.54, 1.807) is 0 Å². The molecule has 0 fully saturated rings. The molecule has 0 radical (unpaired) electrons. The summed E-state index contributed by atoms with van der Waals surface area (Å²) in [5, 5.41) is 0. The molecule has 0 heterocycles. The van der Waals surface area contributed by atoms with Gasteiger partial charge in [0.05, 0.1) is 13.2 Å². The Bertz CT molecular complexity index is 145. The van der Waals surface area contributed by atoms with Gasteiger partial charge in [0.25, 0.3) is 0 Å². The molecular weight excluding hydrogens is 166 g/mol. The van der Waals surface area contributed by atoms with Gasteiger partial charge < -0.3 is 10.5 Å². The molecule has 0 saturated heterocycles. The first-order valence-corrected chi connectivity index (χ1v) is 4.99. The van der Waals surface area contributed by atoms with Gasteiger partial charge in [-0.1, -0.05) is 20.8 Å². The normalized spacial score (nSPS) is 11.4. The molecule has 0 aliphatic carbocycles. The molecule has 0 bridgehead atoms. The SMILES string of the molecule is CCC(CC)(CC)COC(=O)CN. The summed E-state index contributed by atoms with van der Waals surface area (Å²) in [6.45, 7) is 6.87. The Morgan fingerprint density at radius 1 is 1.23 bits per heavy atom. The van der Waals surface area contributed by atoms with Crippen molar-refractivity contribution < 1.29 is 9.53 Å². The third-order valence-corrected chi connectivity index (χ3v) is 2.96. The van der Waals surface area contributed by atoms with Crippen molar-refractivity contribution in [1.82, 2.24) is 0 Å². The van der Waals surface area contributed by atoms with Crippen molar-refractivity contribution in [3.8, 4) is 0 Å². The van der Waals surface area contributed by atoms with Crippen LogP contribution in [0.3, 0.4) is 0 Å². The van der Waals surface area contributed by atoms with Gasteiger partial charge in [-0.25, -0.2) is 0 Å². The first-order valence-electron chi connectivity index (χ1n) is 4.99. The predicted molar refractivity (Wildman–Crippen MR) is 53.3 cm³/mol. The number of carbonyl (C=O) groups is 1. The van der Waals surface area contributed by atoms with Crippen LogP contribution in [0.2, 0.25) is 0 Å². The lowest BCUT2D eigenvalue weighted by molar-refractivity contribution is -0.145. The molecule has 0 saturated carbocycles. The molecule has 0 aromatic rings. The van der Waals surface area contributed by atoms with E-state index in [1.807, 2.05) is 0 Å². The number of nitrogens with two attached hydrogens (primary N) is 1. The number of rotatable bonds is 6. The highest BCUT2D eigenvalue weighted by Gasteiger charge is 2.25. The zero-order chi connectivity index (χ0) is 10.3.